The van der Waals surface area contributed by atoms with Crippen molar-refractivity contribution in [1.82, 2.24) is 0 Å². The SMILES string of the molecule is C[C@@H]1O[C@@H](O[C@H]2CCCC[C@@H]2Oc2ccc(OCc3ccccc3)c(CCC(=O)O)c2)[C@@H](O)[C@H](O)[C@@H]1O. The molecule has 2 aromatic rings. The standard InChI is InChI=1S/C28H36O9/c1-17-25(31)26(32)27(33)28(35-17)37-23-10-6-5-9-22(23)36-20-12-13-21(19(15-20)11-14-24(29)30)34-16-18-7-3-2-4-8-18/h2-4,7-8,12-13,15,17,22-23,25-28,31-33H,5-6,9-11,14,16H2,1H3,(H,29,30)/t17-,22-,23-,25+,26+,27-,28-/m0/s1. The molecule has 2 aliphatic rings. The molecule has 7 atom stereocenters. The summed E-state index contributed by atoms with van der Waals surface area (Å²) in [4.78, 5) is 11.2. The number of benzene rings is 2. The molecule has 37 heavy (non-hydrogen) atoms. The fraction of sp³-hybridized carbons (Fsp3) is 0.536. The summed E-state index contributed by atoms with van der Waals surface area (Å²) in [7, 11) is 0. The molecule has 2 fully saturated rings. The Labute approximate surface area is 216 Å². The first-order chi connectivity index (χ1) is 17.8. The van der Waals surface area contributed by atoms with Gasteiger partial charge in [-0.25, -0.2) is 0 Å². The van der Waals surface area contributed by atoms with Gasteiger partial charge in [-0.3, -0.25) is 4.79 Å². The Balaban J connectivity index is 1.45. The topological polar surface area (TPSA) is 135 Å². The Morgan fingerprint density at radius 1 is 0.973 bits per heavy atom. The predicted molar refractivity (Wildman–Crippen MR) is 133 cm³/mol. The van der Waals surface area contributed by atoms with Gasteiger partial charge in [0, 0.05) is 6.42 Å². The Bertz CT molecular complexity index is 1010. The van der Waals surface area contributed by atoms with E-state index in [0.29, 0.717) is 30.9 Å². The van der Waals surface area contributed by atoms with Gasteiger partial charge in [-0.05, 0) is 61.9 Å². The largest absolute Gasteiger partial charge is 0.489 e. The van der Waals surface area contributed by atoms with Crippen LogP contribution in [-0.4, -0.2) is 69.3 Å². The molecule has 2 aromatic carbocycles. The summed E-state index contributed by atoms with van der Waals surface area (Å²) in [6.45, 7) is 1.98. The maximum Gasteiger partial charge on any atom is 0.303 e. The Morgan fingerprint density at radius 3 is 2.43 bits per heavy atom. The van der Waals surface area contributed by atoms with Gasteiger partial charge in [0.1, 0.15) is 42.5 Å². The van der Waals surface area contributed by atoms with Crippen molar-refractivity contribution in [3.8, 4) is 11.5 Å². The lowest BCUT2D eigenvalue weighted by molar-refractivity contribution is -0.311. The van der Waals surface area contributed by atoms with Gasteiger partial charge < -0.3 is 39.4 Å². The molecule has 0 amide bonds. The van der Waals surface area contributed by atoms with Crippen LogP contribution in [0, 0.1) is 0 Å². The molecule has 0 unspecified atom stereocenters. The third-order valence-electron chi connectivity index (χ3n) is 6.92. The van der Waals surface area contributed by atoms with Gasteiger partial charge in [-0.15, -0.1) is 0 Å². The van der Waals surface area contributed by atoms with Crippen LogP contribution in [0.5, 0.6) is 11.5 Å². The first-order valence-corrected chi connectivity index (χ1v) is 12.8. The van der Waals surface area contributed by atoms with E-state index in [-0.39, 0.29) is 18.6 Å². The average molecular weight is 517 g/mol. The van der Waals surface area contributed by atoms with Crippen molar-refractivity contribution in [2.75, 3.05) is 0 Å². The number of hydrogen-bond donors (Lipinski definition) is 4. The average Bonchev–Trinajstić information content (AvgIpc) is 2.90. The second kappa shape index (κ2) is 12.7. The van der Waals surface area contributed by atoms with Crippen LogP contribution in [0.25, 0.3) is 0 Å². The van der Waals surface area contributed by atoms with E-state index in [9.17, 15) is 25.2 Å². The van der Waals surface area contributed by atoms with Crippen molar-refractivity contribution in [3.63, 3.8) is 0 Å². The fourth-order valence-corrected chi connectivity index (χ4v) is 4.77. The number of hydrogen-bond acceptors (Lipinski definition) is 8. The molecule has 0 bridgehead atoms. The number of aliphatic hydroxyl groups excluding tert-OH is 3. The van der Waals surface area contributed by atoms with Gasteiger partial charge in [0.2, 0.25) is 0 Å². The van der Waals surface area contributed by atoms with Crippen LogP contribution in [-0.2, 0) is 27.3 Å². The number of ether oxygens (including phenoxy) is 4. The molecule has 1 saturated carbocycles. The van der Waals surface area contributed by atoms with Crippen LogP contribution in [0.15, 0.2) is 48.5 Å². The molecule has 1 aliphatic carbocycles. The Hall–Kier alpha value is -2.69. The summed E-state index contributed by atoms with van der Waals surface area (Å²) in [6.07, 6.45) is -2.88. The van der Waals surface area contributed by atoms with Crippen LogP contribution in [0.3, 0.4) is 0 Å². The van der Waals surface area contributed by atoms with Gasteiger partial charge in [-0.2, -0.15) is 0 Å². The zero-order chi connectivity index (χ0) is 26.4. The molecular weight excluding hydrogens is 480 g/mol. The number of carboxylic acid groups (broad SMARTS) is 1. The third-order valence-corrected chi connectivity index (χ3v) is 6.92. The molecule has 4 N–H and O–H groups in total. The maximum absolute atomic E-state index is 11.2. The molecule has 1 saturated heterocycles. The highest BCUT2D eigenvalue weighted by Gasteiger charge is 2.44. The number of carbonyl (C=O) groups is 1. The van der Waals surface area contributed by atoms with E-state index < -0.39 is 36.7 Å². The monoisotopic (exact) mass is 516 g/mol. The molecule has 0 radical (unpaired) electrons. The zero-order valence-electron chi connectivity index (χ0n) is 20.9. The van der Waals surface area contributed by atoms with Crippen molar-refractivity contribution in [1.29, 1.82) is 0 Å². The summed E-state index contributed by atoms with van der Waals surface area (Å²) in [5.74, 6) is 0.282. The lowest BCUT2D eigenvalue weighted by Gasteiger charge is -2.42. The van der Waals surface area contributed by atoms with E-state index in [1.165, 1.54) is 0 Å². The van der Waals surface area contributed by atoms with E-state index in [1.807, 2.05) is 36.4 Å². The first-order valence-electron chi connectivity index (χ1n) is 12.8. The summed E-state index contributed by atoms with van der Waals surface area (Å²) in [6, 6.07) is 15.1. The van der Waals surface area contributed by atoms with E-state index in [2.05, 4.69) is 0 Å². The zero-order valence-corrected chi connectivity index (χ0v) is 20.9. The van der Waals surface area contributed by atoms with Gasteiger partial charge >= 0.3 is 5.97 Å². The molecule has 9 nitrogen and oxygen atoms in total. The molecule has 0 aromatic heterocycles. The normalized spacial score (nSPS) is 30.0. The fourth-order valence-electron chi connectivity index (χ4n) is 4.77. The van der Waals surface area contributed by atoms with Crippen LogP contribution in [0.4, 0.5) is 0 Å². The number of aliphatic carboxylic acids is 1. The molecule has 202 valence electrons. The summed E-state index contributed by atoms with van der Waals surface area (Å²) >= 11 is 0. The second-order valence-electron chi connectivity index (χ2n) is 9.73. The first kappa shape index (κ1) is 27.3. The molecule has 1 heterocycles. The van der Waals surface area contributed by atoms with E-state index >= 15 is 0 Å². The smallest absolute Gasteiger partial charge is 0.303 e. The molecule has 0 spiro atoms. The summed E-state index contributed by atoms with van der Waals surface area (Å²) in [5.41, 5.74) is 1.74. The van der Waals surface area contributed by atoms with Crippen LogP contribution >= 0.6 is 0 Å². The number of aryl methyl sites for hydroxylation is 1. The third kappa shape index (κ3) is 7.21. The van der Waals surface area contributed by atoms with Gasteiger partial charge in [0.15, 0.2) is 6.29 Å². The quantitative estimate of drug-likeness (QED) is 0.376. The number of aliphatic hydroxyl groups is 3. The predicted octanol–water partition coefficient (Wildman–Crippen LogP) is 2.82. The molecule has 4 rings (SSSR count). The minimum atomic E-state index is -1.38. The highest BCUT2D eigenvalue weighted by molar-refractivity contribution is 5.67. The van der Waals surface area contributed by atoms with Crippen molar-refractivity contribution in [2.45, 2.75) is 95.0 Å². The van der Waals surface area contributed by atoms with Crippen molar-refractivity contribution < 1.29 is 44.2 Å². The Morgan fingerprint density at radius 2 is 1.70 bits per heavy atom. The second-order valence-corrected chi connectivity index (χ2v) is 9.73. The van der Waals surface area contributed by atoms with Crippen LogP contribution in [0.1, 0.15) is 50.2 Å². The Kier molecular flexibility index (Phi) is 9.39. The lowest BCUT2D eigenvalue weighted by atomic mass is 9.94. The molecular formula is C28H36O9. The minimum absolute atomic E-state index is 0.0381. The van der Waals surface area contributed by atoms with Crippen molar-refractivity contribution >= 4 is 5.97 Å². The minimum Gasteiger partial charge on any atom is -0.489 e. The van der Waals surface area contributed by atoms with Crippen molar-refractivity contribution in [2.24, 2.45) is 0 Å². The van der Waals surface area contributed by atoms with Crippen molar-refractivity contribution in [3.05, 3.63) is 59.7 Å². The number of carboxylic acids is 1. The van der Waals surface area contributed by atoms with E-state index in [1.54, 1.807) is 19.1 Å². The van der Waals surface area contributed by atoms with Crippen LogP contribution < -0.4 is 9.47 Å². The highest BCUT2D eigenvalue weighted by atomic mass is 16.7. The molecule has 9 heteroatoms. The number of rotatable bonds is 10. The van der Waals surface area contributed by atoms with Crippen LogP contribution in [0.2, 0.25) is 0 Å². The highest BCUT2D eigenvalue weighted by Crippen LogP contribution is 2.32. The van der Waals surface area contributed by atoms with Gasteiger partial charge in [0.05, 0.1) is 12.2 Å². The maximum atomic E-state index is 11.2. The van der Waals surface area contributed by atoms with E-state index in [0.717, 1.165) is 30.4 Å². The van der Waals surface area contributed by atoms with Gasteiger partial charge in [-0.1, -0.05) is 36.8 Å². The lowest BCUT2D eigenvalue weighted by Crippen LogP contribution is -2.58. The summed E-state index contributed by atoms with van der Waals surface area (Å²) < 4.78 is 24.0. The van der Waals surface area contributed by atoms with E-state index in [4.69, 9.17) is 18.9 Å². The molecule has 1 aliphatic heterocycles. The summed E-state index contributed by atoms with van der Waals surface area (Å²) in [5, 5.41) is 39.7. The van der Waals surface area contributed by atoms with Gasteiger partial charge in [0.25, 0.3) is 0 Å².